The Bertz CT molecular complexity index is 765. The molecule has 3 nitrogen and oxygen atoms in total. The van der Waals surface area contributed by atoms with E-state index in [1.165, 1.54) is 0 Å². The van der Waals surface area contributed by atoms with E-state index in [0.29, 0.717) is 5.88 Å². The van der Waals surface area contributed by atoms with Crippen molar-refractivity contribution in [2.24, 2.45) is 0 Å². The van der Waals surface area contributed by atoms with Gasteiger partial charge in [0.15, 0.2) is 0 Å². The normalized spacial score (nSPS) is 13.0. The Morgan fingerprint density at radius 2 is 2.20 bits per heavy atom. The Morgan fingerprint density at radius 3 is 2.85 bits per heavy atom. The van der Waals surface area contributed by atoms with Crippen LogP contribution in [-0.2, 0) is 5.88 Å². The van der Waals surface area contributed by atoms with Gasteiger partial charge in [-0.2, -0.15) is 0 Å². The largest absolute Gasteiger partial charge is 0.317 e. The number of nitrogens with zero attached hydrogens (tertiary/aromatic N) is 3. The van der Waals surface area contributed by atoms with E-state index in [-0.39, 0.29) is 6.04 Å². The summed E-state index contributed by atoms with van der Waals surface area (Å²) in [5.74, 6) is 1.26. The molecule has 20 heavy (non-hydrogen) atoms. The molecule has 0 aliphatic rings. The molecule has 1 atom stereocenters. The third-order valence-corrected chi connectivity index (χ3v) is 5.09. The molecule has 3 aromatic rings. The van der Waals surface area contributed by atoms with Crippen LogP contribution in [0.5, 0.6) is 0 Å². The Hall–Kier alpha value is -0.910. The highest BCUT2D eigenvalue weighted by Crippen LogP contribution is 2.30. The topological polar surface area (TPSA) is 30.7 Å². The summed E-state index contributed by atoms with van der Waals surface area (Å²) in [5, 5.41) is 3.15. The van der Waals surface area contributed by atoms with Crippen molar-refractivity contribution in [1.29, 1.82) is 0 Å². The average Bonchev–Trinajstić information content (AvgIpc) is 3.01. The Morgan fingerprint density at radius 1 is 1.40 bits per heavy atom. The lowest BCUT2D eigenvalue weighted by Crippen LogP contribution is -2.09. The van der Waals surface area contributed by atoms with Crippen molar-refractivity contribution in [2.75, 3.05) is 0 Å². The molecular formula is C14H13BrClN3S. The molecule has 0 radical (unpaired) electrons. The zero-order valence-electron chi connectivity index (χ0n) is 11.1. The van der Waals surface area contributed by atoms with Crippen LogP contribution < -0.4 is 0 Å². The summed E-state index contributed by atoms with van der Waals surface area (Å²) >= 11 is 11.3. The summed E-state index contributed by atoms with van der Waals surface area (Å²) in [6, 6.07) is 6.21. The lowest BCUT2D eigenvalue weighted by molar-refractivity contribution is 0.628. The number of thiazole rings is 1. The SMILES string of the molecule is Cc1csc(C(C)n2c(CCl)nc3ccc(Br)cc32)n1. The van der Waals surface area contributed by atoms with Crippen molar-refractivity contribution in [3.63, 3.8) is 0 Å². The second-order valence-corrected chi connectivity index (χ2v) is 6.74. The number of aromatic nitrogens is 3. The molecule has 2 heterocycles. The summed E-state index contributed by atoms with van der Waals surface area (Å²) < 4.78 is 3.21. The summed E-state index contributed by atoms with van der Waals surface area (Å²) in [5.41, 5.74) is 3.09. The van der Waals surface area contributed by atoms with Crippen molar-refractivity contribution in [2.45, 2.75) is 25.8 Å². The van der Waals surface area contributed by atoms with Crippen LogP contribution in [0.25, 0.3) is 11.0 Å². The molecule has 0 aliphatic carbocycles. The molecule has 1 unspecified atom stereocenters. The predicted octanol–water partition coefficient (Wildman–Crippen LogP) is 4.91. The van der Waals surface area contributed by atoms with E-state index in [2.05, 4.69) is 48.8 Å². The molecule has 0 spiro atoms. The van der Waals surface area contributed by atoms with Crippen LogP contribution in [0.4, 0.5) is 0 Å². The number of alkyl halides is 1. The van der Waals surface area contributed by atoms with Gasteiger partial charge in [0, 0.05) is 15.5 Å². The molecule has 1 aromatic carbocycles. The molecule has 6 heteroatoms. The molecule has 104 valence electrons. The lowest BCUT2D eigenvalue weighted by Gasteiger charge is -2.14. The van der Waals surface area contributed by atoms with Gasteiger partial charge in [-0.15, -0.1) is 22.9 Å². The van der Waals surface area contributed by atoms with Gasteiger partial charge in [-0.05, 0) is 32.0 Å². The quantitative estimate of drug-likeness (QED) is 0.613. The maximum absolute atomic E-state index is 6.07. The minimum atomic E-state index is 0.127. The molecule has 0 fully saturated rings. The second kappa shape index (κ2) is 5.47. The minimum absolute atomic E-state index is 0.127. The van der Waals surface area contributed by atoms with Gasteiger partial charge in [0.2, 0.25) is 0 Å². The van der Waals surface area contributed by atoms with E-state index in [4.69, 9.17) is 11.6 Å². The second-order valence-electron chi connectivity index (χ2n) is 4.67. The van der Waals surface area contributed by atoms with Gasteiger partial charge >= 0.3 is 0 Å². The summed E-state index contributed by atoms with van der Waals surface area (Å²) in [6.07, 6.45) is 0. The van der Waals surface area contributed by atoms with E-state index < -0.39 is 0 Å². The van der Waals surface area contributed by atoms with Crippen LogP contribution in [0.15, 0.2) is 28.1 Å². The maximum atomic E-state index is 6.07. The zero-order valence-corrected chi connectivity index (χ0v) is 14.3. The maximum Gasteiger partial charge on any atom is 0.125 e. The van der Waals surface area contributed by atoms with Crippen LogP contribution in [0.2, 0.25) is 0 Å². The number of imidazole rings is 1. The fraction of sp³-hybridized carbons (Fsp3) is 0.286. The van der Waals surface area contributed by atoms with Gasteiger partial charge < -0.3 is 4.57 Å². The molecular weight excluding hydrogens is 358 g/mol. The Kier molecular flexibility index (Phi) is 3.84. The number of benzene rings is 1. The van der Waals surface area contributed by atoms with Crippen LogP contribution in [0, 0.1) is 6.92 Å². The molecule has 0 saturated carbocycles. The minimum Gasteiger partial charge on any atom is -0.317 e. The third-order valence-electron chi connectivity index (χ3n) is 3.23. The van der Waals surface area contributed by atoms with Gasteiger partial charge in [-0.25, -0.2) is 9.97 Å². The first-order valence-electron chi connectivity index (χ1n) is 6.24. The van der Waals surface area contributed by atoms with Crippen LogP contribution in [0.3, 0.4) is 0 Å². The molecule has 0 amide bonds. The summed E-state index contributed by atoms with van der Waals surface area (Å²) in [4.78, 5) is 9.20. The van der Waals surface area contributed by atoms with E-state index >= 15 is 0 Å². The monoisotopic (exact) mass is 369 g/mol. The summed E-state index contributed by atoms with van der Waals surface area (Å²) in [6.45, 7) is 4.15. The Balaban J connectivity index is 2.20. The molecule has 0 saturated heterocycles. The number of aryl methyl sites for hydroxylation is 1. The van der Waals surface area contributed by atoms with Crippen LogP contribution >= 0.6 is 38.9 Å². The van der Waals surface area contributed by atoms with E-state index in [1.807, 2.05) is 19.1 Å². The average molecular weight is 371 g/mol. The van der Waals surface area contributed by atoms with Crippen molar-refractivity contribution in [3.05, 3.63) is 44.6 Å². The first-order chi connectivity index (χ1) is 9.60. The first kappa shape index (κ1) is 14.0. The Labute approximate surface area is 134 Å². The fourth-order valence-electron chi connectivity index (χ4n) is 2.32. The number of rotatable bonds is 3. The van der Waals surface area contributed by atoms with Gasteiger partial charge in [-0.3, -0.25) is 0 Å². The van der Waals surface area contributed by atoms with E-state index in [0.717, 1.165) is 32.0 Å². The molecule has 2 aromatic heterocycles. The number of hydrogen-bond acceptors (Lipinski definition) is 3. The first-order valence-corrected chi connectivity index (χ1v) is 8.45. The lowest BCUT2D eigenvalue weighted by atomic mass is 10.3. The smallest absolute Gasteiger partial charge is 0.125 e. The van der Waals surface area contributed by atoms with Crippen molar-refractivity contribution in [3.8, 4) is 0 Å². The zero-order chi connectivity index (χ0) is 14.3. The molecule has 3 rings (SSSR count). The summed E-state index contributed by atoms with van der Waals surface area (Å²) in [7, 11) is 0. The molecule has 0 bridgehead atoms. The van der Waals surface area contributed by atoms with Crippen molar-refractivity contribution >= 4 is 49.9 Å². The fourth-order valence-corrected chi connectivity index (χ4v) is 3.70. The van der Waals surface area contributed by atoms with Gasteiger partial charge in [0.25, 0.3) is 0 Å². The number of fused-ring (bicyclic) bond motifs is 1. The highest BCUT2D eigenvalue weighted by Gasteiger charge is 2.19. The number of hydrogen-bond donors (Lipinski definition) is 0. The van der Waals surface area contributed by atoms with Crippen molar-refractivity contribution in [1.82, 2.24) is 14.5 Å². The molecule has 0 N–H and O–H groups in total. The highest BCUT2D eigenvalue weighted by molar-refractivity contribution is 9.10. The van der Waals surface area contributed by atoms with Crippen LogP contribution in [-0.4, -0.2) is 14.5 Å². The van der Waals surface area contributed by atoms with E-state index in [1.54, 1.807) is 11.3 Å². The van der Waals surface area contributed by atoms with Crippen LogP contribution in [0.1, 0.15) is 29.5 Å². The van der Waals surface area contributed by atoms with Gasteiger partial charge in [0.1, 0.15) is 10.8 Å². The third kappa shape index (κ3) is 2.38. The van der Waals surface area contributed by atoms with Gasteiger partial charge in [0.05, 0.1) is 23.0 Å². The van der Waals surface area contributed by atoms with Crippen molar-refractivity contribution < 1.29 is 0 Å². The van der Waals surface area contributed by atoms with Gasteiger partial charge in [-0.1, -0.05) is 15.9 Å². The van der Waals surface area contributed by atoms with E-state index in [9.17, 15) is 0 Å². The standard InChI is InChI=1S/C14H13BrClN3S/c1-8-7-20-14(17-8)9(2)19-12-5-10(15)3-4-11(12)18-13(19)6-16/h3-5,7,9H,6H2,1-2H3. The highest BCUT2D eigenvalue weighted by atomic mass is 79.9. The predicted molar refractivity (Wildman–Crippen MR) is 87.7 cm³/mol. The molecule has 0 aliphatic heterocycles. The number of halogens is 2.